The van der Waals surface area contributed by atoms with Crippen LogP contribution in [0, 0.1) is 11.8 Å². The van der Waals surface area contributed by atoms with E-state index < -0.39 is 0 Å². The Labute approximate surface area is 123 Å². The van der Waals surface area contributed by atoms with Gasteiger partial charge < -0.3 is 10.2 Å². The van der Waals surface area contributed by atoms with E-state index in [2.05, 4.69) is 22.0 Å². The number of likely N-dealkylation sites (tertiary alicyclic amines) is 2. The molecule has 0 radical (unpaired) electrons. The monoisotopic (exact) mass is 289 g/mol. The number of rotatable bonds is 4. The molecule has 2 aliphatic heterocycles. The molecule has 2 atom stereocenters. The Morgan fingerprint density at radius 1 is 1.26 bits per heavy atom. The Balaban J connectivity index is 0.00000180. The summed E-state index contributed by atoms with van der Waals surface area (Å²) >= 11 is 0. The first-order chi connectivity index (χ1) is 8.69. The molecule has 19 heavy (non-hydrogen) atoms. The highest BCUT2D eigenvalue weighted by Crippen LogP contribution is 2.18. The van der Waals surface area contributed by atoms with Crippen LogP contribution < -0.4 is 5.32 Å². The summed E-state index contributed by atoms with van der Waals surface area (Å²) in [7, 11) is 2.00. The second kappa shape index (κ2) is 8.08. The van der Waals surface area contributed by atoms with Crippen molar-refractivity contribution in [2.45, 2.75) is 26.2 Å². The standard InChI is InChI=1S/C14H27N3O.ClH/c1-12-4-3-6-17(9-12)14(18)11-16-7-5-13(10-16)8-15-2;/h12-13,15H,3-11H2,1-2H3;1H. The number of piperidine rings is 1. The molecule has 2 unspecified atom stereocenters. The molecule has 2 fully saturated rings. The second-order valence-electron chi connectivity index (χ2n) is 6.03. The van der Waals surface area contributed by atoms with Gasteiger partial charge in [0, 0.05) is 19.6 Å². The van der Waals surface area contributed by atoms with Crippen molar-refractivity contribution < 1.29 is 4.79 Å². The van der Waals surface area contributed by atoms with Gasteiger partial charge in [0.05, 0.1) is 6.54 Å². The van der Waals surface area contributed by atoms with Crippen LogP contribution in [-0.2, 0) is 4.79 Å². The Kier molecular flexibility index (Phi) is 7.11. The summed E-state index contributed by atoms with van der Waals surface area (Å²) in [5.41, 5.74) is 0. The Bertz CT molecular complexity index is 288. The van der Waals surface area contributed by atoms with Crippen LogP contribution in [0.3, 0.4) is 0 Å². The number of nitrogens with one attached hydrogen (secondary N) is 1. The van der Waals surface area contributed by atoms with Gasteiger partial charge >= 0.3 is 0 Å². The summed E-state index contributed by atoms with van der Waals surface area (Å²) in [6.07, 6.45) is 3.68. The Morgan fingerprint density at radius 2 is 2.05 bits per heavy atom. The molecule has 0 aromatic carbocycles. The SMILES string of the molecule is CNCC1CCN(CC(=O)N2CCCC(C)C2)C1.Cl. The molecular weight excluding hydrogens is 262 g/mol. The maximum Gasteiger partial charge on any atom is 0.236 e. The topological polar surface area (TPSA) is 35.6 Å². The van der Waals surface area contributed by atoms with Crippen molar-refractivity contribution in [3.8, 4) is 0 Å². The van der Waals surface area contributed by atoms with Gasteiger partial charge in [0.25, 0.3) is 0 Å². The number of halogens is 1. The van der Waals surface area contributed by atoms with E-state index >= 15 is 0 Å². The van der Waals surface area contributed by atoms with Crippen molar-refractivity contribution in [1.29, 1.82) is 0 Å². The molecule has 0 aliphatic carbocycles. The fourth-order valence-electron chi connectivity index (χ4n) is 3.22. The van der Waals surface area contributed by atoms with E-state index in [4.69, 9.17) is 0 Å². The van der Waals surface area contributed by atoms with Gasteiger partial charge in [-0.25, -0.2) is 0 Å². The van der Waals surface area contributed by atoms with Gasteiger partial charge in [-0.2, -0.15) is 0 Å². The van der Waals surface area contributed by atoms with Gasteiger partial charge in [-0.05, 0) is 51.2 Å². The molecule has 2 aliphatic rings. The maximum atomic E-state index is 12.2. The first-order valence-electron chi connectivity index (χ1n) is 7.33. The smallest absolute Gasteiger partial charge is 0.236 e. The summed E-state index contributed by atoms with van der Waals surface area (Å²) in [5.74, 6) is 1.74. The normalized spacial score (nSPS) is 28.2. The van der Waals surface area contributed by atoms with Crippen molar-refractivity contribution in [3.05, 3.63) is 0 Å². The zero-order valence-corrected chi connectivity index (χ0v) is 13.0. The third-order valence-electron chi connectivity index (χ3n) is 4.23. The number of carbonyl (C=O) groups excluding carboxylic acids is 1. The van der Waals surface area contributed by atoms with E-state index in [1.165, 1.54) is 19.3 Å². The third kappa shape index (κ3) is 4.93. The average molecular weight is 290 g/mol. The van der Waals surface area contributed by atoms with Crippen molar-refractivity contribution >= 4 is 18.3 Å². The number of hydrogen-bond donors (Lipinski definition) is 1. The summed E-state index contributed by atoms with van der Waals surface area (Å²) in [6, 6.07) is 0. The van der Waals surface area contributed by atoms with E-state index in [1.807, 2.05) is 7.05 Å². The lowest BCUT2D eigenvalue weighted by molar-refractivity contribution is -0.133. The van der Waals surface area contributed by atoms with Crippen LogP contribution >= 0.6 is 12.4 Å². The van der Waals surface area contributed by atoms with Gasteiger partial charge in [-0.3, -0.25) is 9.69 Å². The van der Waals surface area contributed by atoms with Crippen LogP contribution in [0.4, 0.5) is 0 Å². The van der Waals surface area contributed by atoms with Crippen LogP contribution in [0.15, 0.2) is 0 Å². The molecule has 0 bridgehead atoms. The Morgan fingerprint density at radius 3 is 2.74 bits per heavy atom. The molecule has 2 saturated heterocycles. The van der Waals surface area contributed by atoms with E-state index in [-0.39, 0.29) is 12.4 Å². The molecular formula is C14H28ClN3O. The quantitative estimate of drug-likeness (QED) is 0.845. The predicted molar refractivity (Wildman–Crippen MR) is 80.7 cm³/mol. The minimum absolute atomic E-state index is 0. The molecule has 4 nitrogen and oxygen atoms in total. The fourth-order valence-corrected chi connectivity index (χ4v) is 3.22. The molecule has 2 heterocycles. The molecule has 0 aromatic rings. The Hall–Kier alpha value is -0.320. The highest BCUT2D eigenvalue weighted by atomic mass is 35.5. The minimum Gasteiger partial charge on any atom is -0.341 e. The highest BCUT2D eigenvalue weighted by molar-refractivity contribution is 5.85. The number of carbonyl (C=O) groups is 1. The van der Waals surface area contributed by atoms with Crippen molar-refractivity contribution in [1.82, 2.24) is 15.1 Å². The molecule has 112 valence electrons. The van der Waals surface area contributed by atoms with E-state index in [0.29, 0.717) is 18.4 Å². The third-order valence-corrected chi connectivity index (χ3v) is 4.23. The summed E-state index contributed by atoms with van der Waals surface area (Å²) < 4.78 is 0. The molecule has 5 heteroatoms. The molecule has 0 saturated carbocycles. The highest BCUT2D eigenvalue weighted by Gasteiger charge is 2.26. The van der Waals surface area contributed by atoms with Crippen LogP contribution in [0.2, 0.25) is 0 Å². The minimum atomic E-state index is 0. The van der Waals surface area contributed by atoms with Crippen LogP contribution in [0.5, 0.6) is 0 Å². The largest absolute Gasteiger partial charge is 0.341 e. The van der Waals surface area contributed by atoms with E-state index in [0.717, 1.165) is 38.6 Å². The molecule has 1 N–H and O–H groups in total. The maximum absolute atomic E-state index is 12.2. The number of nitrogens with zero attached hydrogens (tertiary/aromatic N) is 2. The summed E-state index contributed by atoms with van der Waals surface area (Å²) in [5, 5.41) is 3.23. The van der Waals surface area contributed by atoms with Gasteiger partial charge in [0.15, 0.2) is 0 Å². The van der Waals surface area contributed by atoms with Gasteiger partial charge in [0.2, 0.25) is 5.91 Å². The molecule has 0 spiro atoms. The van der Waals surface area contributed by atoms with E-state index in [9.17, 15) is 4.79 Å². The van der Waals surface area contributed by atoms with Crippen LogP contribution in [0.1, 0.15) is 26.2 Å². The van der Waals surface area contributed by atoms with Crippen molar-refractivity contribution in [3.63, 3.8) is 0 Å². The summed E-state index contributed by atoms with van der Waals surface area (Å²) in [4.78, 5) is 16.6. The lowest BCUT2D eigenvalue weighted by Crippen LogP contribution is -2.44. The van der Waals surface area contributed by atoms with Gasteiger partial charge in [-0.15, -0.1) is 12.4 Å². The molecule has 0 aromatic heterocycles. The molecule has 2 rings (SSSR count). The second-order valence-corrected chi connectivity index (χ2v) is 6.03. The lowest BCUT2D eigenvalue weighted by Gasteiger charge is -2.32. The first kappa shape index (κ1) is 16.7. The zero-order valence-electron chi connectivity index (χ0n) is 12.2. The van der Waals surface area contributed by atoms with E-state index in [1.54, 1.807) is 0 Å². The van der Waals surface area contributed by atoms with Crippen LogP contribution in [-0.4, -0.2) is 62.0 Å². The van der Waals surface area contributed by atoms with Gasteiger partial charge in [-0.1, -0.05) is 6.92 Å². The number of hydrogen-bond acceptors (Lipinski definition) is 3. The number of amides is 1. The van der Waals surface area contributed by atoms with Crippen LogP contribution in [0.25, 0.3) is 0 Å². The van der Waals surface area contributed by atoms with Crippen molar-refractivity contribution in [2.24, 2.45) is 11.8 Å². The average Bonchev–Trinajstić information content (AvgIpc) is 2.77. The van der Waals surface area contributed by atoms with Crippen molar-refractivity contribution in [2.75, 3.05) is 46.3 Å². The predicted octanol–water partition coefficient (Wildman–Crippen LogP) is 1.21. The molecule has 1 amide bonds. The van der Waals surface area contributed by atoms with Gasteiger partial charge in [0.1, 0.15) is 0 Å². The first-order valence-corrected chi connectivity index (χ1v) is 7.33. The summed E-state index contributed by atoms with van der Waals surface area (Å²) in [6.45, 7) is 8.05. The fraction of sp³-hybridized carbons (Fsp3) is 0.929. The zero-order chi connectivity index (χ0) is 13.0. The lowest BCUT2D eigenvalue weighted by atomic mass is 10.0.